The number of hydrogen-bond acceptors (Lipinski definition) is 3. The van der Waals surface area contributed by atoms with E-state index in [1.165, 1.54) is 25.3 Å². The van der Waals surface area contributed by atoms with Crippen molar-refractivity contribution in [1.82, 2.24) is 0 Å². The number of methoxy groups -OCH3 is 1. The molecule has 0 atom stereocenters. The number of nitrogens with two attached hydrogens (primary N) is 1. The maximum absolute atomic E-state index is 13.5. The Morgan fingerprint density at radius 2 is 1.70 bits per heavy atom. The van der Waals surface area contributed by atoms with Gasteiger partial charge in [-0.15, -0.1) is 0 Å². The Balaban J connectivity index is 2.49. The highest BCUT2D eigenvalue weighted by Crippen LogP contribution is 2.25. The van der Waals surface area contributed by atoms with Crippen molar-refractivity contribution >= 4 is 11.5 Å². The molecular weight excluding hydrogens is 271 g/mol. The molecule has 2 aromatic carbocycles. The predicted molar refractivity (Wildman–Crippen MR) is 67.2 cm³/mol. The average Bonchev–Trinajstić information content (AvgIpc) is 2.37. The van der Waals surface area contributed by atoms with Gasteiger partial charge in [-0.1, -0.05) is 0 Å². The van der Waals surface area contributed by atoms with Gasteiger partial charge < -0.3 is 10.5 Å². The fourth-order valence-electron chi connectivity index (χ4n) is 1.78. The van der Waals surface area contributed by atoms with Crippen LogP contribution >= 0.6 is 0 Å². The van der Waals surface area contributed by atoms with Crippen LogP contribution in [0.25, 0.3) is 0 Å². The highest BCUT2D eigenvalue weighted by molar-refractivity contribution is 6.09. The van der Waals surface area contributed by atoms with Crippen LogP contribution < -0.4 is 10.5 Å². The molecule has 3 nitrogen and oxygen atoms in total. The van der Waals surface area contributed by atoms with Gasteiger partial charge in [-0.25, -0.2) is 13.2 Å². The standard InChI is InChI=1S/C14H10F3NO2/c1-20-12-3-2-7(4-11(12)18)14(19)13-9(16)5-8(15)6-10(13)17/h2-6H,18H2,1H3. The fraction of sp³-hybridized carbons (Fsp3) is 0.0714. The number of anilines is 1. The molecule has 0 amide bonds. The predicted octanol–water partition coefficient (Wildman–Crippen LogP) is 2.93. The van der Waals surface area contributed by atoms with E-state index in [1.807, 2.05) is 0 Å². The average molecular weight is 281 g/mol. The van der Waals surface area contributed by atoms with E-state index in [9.17, 15) is 18.0 Å². The summed E-state index contributed by atoms with van der Waals surface area (Å²) in [6, 6.07) is 4.86. The molecule has 0 radical (unpaired) electrons. The van der Waals surface area contributed by atoms with Crippen molar-refractivity contribution < 1.29 is 22.7 Å². The van der Waals surface area contributed by atoms with Crippen molar-refractivity contribution in [2.45, 2.75) is 0 Å². The van der Waals surface area contributed by atoms with Crippen molar-refractivity contribution in [3.05, 3.63) is 58.9 Å². The summed E-state index contributed by atoms with van der Waals surface area (Å²) in [5.74, 6) is -4.20. The number of hydrogen-bond donors (Lipinski definition) is 1. The van der Waals surface area contributed by atoms with E-state index in [2.05, 4.69) is 0 Å². The molecule has 0 saturated heterocycles. The lowest BCUT2D eigenvalue weighted by Gasteiger charge is -2.08. The zero-order chi connectivity index (χ0) is 14.9. The Kier molecular flexibility index (Phi) is 3.65. The molecule has 0 unspecified atom stereocenters. The van der Waals surface area contributed by atoms with Gasteiger partial charge in [0.2, 0.25) is 0 Å². The van der Waals surface area contributed by atoms with Gasteiger partial charge in [-0.2, -0.15) is 0 Å². The van der Waals surface area contributed by atoms with Crippen molar-refractivity contribution in [2.75, 3.05) is 12.8 Å². The van der Waals surface area contributed by atoms with Crippen molar-refractivity contribution in [2.24, 2.45) is 0 Å². The van der Waals surface area contributed by atoms with E-state index >= 15 is 0 Å². The third-order valence-electron chi connectivity index (χ3n) is 2.73. The van der Waals surface area contributed by atoms with E-state index < -0.39 is 28.8 Å². The zero-order valence-electron chi connectivity index (χ0n) is 10.4. The molecule has 0 bridgehead atoms. The van der Waals surface area contributed by atoms with Gasteiger partial charge in [0.1, 0.15) is 23.2 Å². The minimum atomic E-state index is -1.26. The molecule has 2 rings (SSSR count). The molecule has 0 fully saturated rings. The lowest BCUT2D eigenvalue weighted by molar-refractivity contribution is 0.103. The lowest BCUT2D eigenvalue weighted by Crippen LogP contribution is -2.09. The molecule has 0 aromatic heterocycles. The molecule has 0 heterocycles. The van der Waals surface area contributed by atoms with Crippen LogP contribution in [0.1, 0.15) is 15.9 Å². The van der Waals surface area contributed by atoms with E-state index in [1.54, 1.807) is 0 Å². The Hall–Kier alpha value is -2.50. The van der Waals surface area contributed by atoms with E-state index in [0.717, 1.165) is 0 Å². The normalized spacial score (nSPS) is 10.4. The van der Waals surface area contributed by atoms with Gasteiger partial charge in [0.15, 0.2) is 5.78 Å². The molecule has 2 N–H and O–H groups in total. The van der Waals surface area contributed by atoms with Gasteiger partial charge in [0, 0.05) is 17.7 Å². The van der Waals surface area contributed by atoms with E-state index in [4.69, 9.17) is 10.5 Å². The summed E-state index contributed by atoms with van der Waals surface area (Å²) in [6.07, 6.45) is 0. The Bertz CT molecular complexity index is 663. The molecular formula is C14H10F3NO2. The minimum absolute atomic E-state index is 0.0206. The van der Waals surface area contributed by atoms with Crippen LogP contribution in [-0.4, -0.2) is 12.9 Å². The SMILES string of the molecule is COc1ccc(C(=O)c2c(F)cc(F)cc2F)cc1N. The number of halogens is 3. The summed E-state index contributed by atoms with van der Waals surface area (Å²) < 4.78 is 44.8. The van der Waals surface area contributed by atoms with Crippen LogP contribution in [0.15, 0.2) is 30.3 Å². The Morgan fingerprint density at radius 3 is 2.20 bits per heavy atom. The van der Waals surface area contributed by atoms with Gasteiger partial charge in [0.05, 0.1) is 18.4 Å². The third-order valence-corrected chi connectivity index (χ3v) is 2.73. The number of ether oxygens (including phenoxy) is 1. The number of ketones is 1. The first-order chi connectivity index (χ1) is 9.43. The van der Waals surface area contributed by atoms with Gasteiger partial charge in [-0.3, -0.25) is 4.79 Å². The highest BCUT2D eigenvalue weighted by Gasteiger charge is 2.21. The first-order valence-corrected chi connectivity index (χ1v) is 5.56. The van der Waals surface area contributed by atoms with Gasteiger partial charge in [0.25, 0.3) is 0 Å². The molecule has 20 heavy (non-hydrogen) atoms. The minimum Gasteiger partial charge on any atom is -0.495 e. The van der Waals surface area contributed by atoms with Crippen LogP contribution in [-0.2, 0) is 0 Å². The topological polar surface area (TPSA) is 52.3 Å². The second kappa shape index (κ2) is 5.24. The number of rotatable bonds is 3. The lowest BCUT2D eigenvalue weighted by atomic mass is 10.0. The molecule has 0 aliphatic rings. The molecule has 0 aliphatic heterocycles. The molecule has 104 valence electrons. The number of carbonyl (C=O) groups excluding carboxylic acids is 1. The summed E-state index contributed by atoms with van der Waals surface area (Å²) in [6.45, 7) is 0. The molecule has 0 spiro atoms. The van der Waals surface area contributed by atoms with Crippen LogP contribution in [0, 0.1) is 17.5 Å². The maximum atomic E-state index is 13.5. The monoisotopic (exact) mass is 281 g/mol. The summed E-state index contributed by atoms with van der Waals surface area (Å²) >= 11 is 0. The van der Waals surface area contributed by atoms with Crippen LogP contribution in [0.2, 0.25) is 0 Å². The fourth-order valence-corrected chi connectivity index (χ4v) is 1.78. The molecule has 6 heteroatoms. The summed E-state index contributed by atoms with van der Waals surface area (Å²) in [4.78, 5) is 12.1. The number of benzene rings is 2. The summed E-state index contributed by atoms with van der Waals surface area (Å²) in [5.41, 5.74) is 4.93. The van der Waals surface area contributed by atoms with Crippen molar-refractivity contribution in [1.29, 1.82) is 0 Å². The van der Waals surface area contributed by atoms with Crippen LogP contribution in [0.4, 0.5) is 18.9 Å². The molecule has 2 aromatic rings. The quantitative estimate of drug-likeness (QED) is 0.695. The van der Waals surface area contributed by atoms with Gasteiger partial charge >= 0.3 is 0 Å². The maximum Gasteiger partial charge on any atom is 0.199 e. The second-order valence-corrected chi connectivity index (χ2v) is 4.03. The molecule has 0 saturated carbocycles. The third kappa shape index (κ3) is 2.45. The number of carbonyl (C=O) groups is 1. The zero-order valence-corrected chi connectivity index (χ0v) is 10.4. The Labute approximate surface area is 112 Å². The van der Waals surface area contributed by atoms with Crippen molar-refractivity contribution in [3.63, 3.8) is 0 Å². The number of nitrogen functional groups attached to an aromatic ring is 1. The van der Waals surface area contributed by atoms with Crippen molar-refractivity contribution in [3.8, 4) is 5.75 Å². The van der Waals surface area contributed by atoms with E-state index in [-0.39, 0.29) is 11.3 Å². The van der Waals surface area contributed by atoms with Crippen LogP contribution in [0.3, 0.4) is 0 Å². The largest absolute Gasteiger partial charge is 0.495 e. The first-order valence-electron chi connectivity index (χ1n) is 5.56. The summed E-state index contributed by atoms with van der Waals surface area (Å²) in [5, 5.41) is 0. The first kappa shape index (κ1) is 13.9. The molecule has 0 aliphatic carbocycles. The Morgan fingerprint density at radius 1 is 1.10 bits per heavy atom. The van der Waals surface area contributed by atoms with Crippen LogP contribution in [0.5, 0.6) is 5.75 Å². The smallest absolute Gasteiger partial charge is 0.199 e. The second-order valence-electron chi connectivity index (χ2n) is 4.03. The highest BCUT2D eigenvalue weighted by atomic mass is 19.1. The summed E-state index contributed by atoms with van der Waals surface area (Å²) in [7, 11) is 1.40. The van der Waals surface area contributed by atoms with Gasteiger partial charge in [-0.05, 0) is 18.2 Å². The van der Waals surface area contributed by atoms with E-state index in [0.29, 0.717) is 17.9 Å².